The van der Waals surface area contributed by atoms with Gasteiger partial charge in [0.05, 0.1) is 12.6 Å². The van der Waals surface area contributed by atoms with E-state index in [2.05, 4.69) is 29.7 Å². The zero-order valence-electron chi connectivity index (χ0n) is 12.4. The fourth-order valence-corrected chi connectivity index (χ4v) is 3.41. The van der Waals surface area contributed by atoms with Gasteiger partial charge in [-0.2, -0.15) is 0 Å². The molecule has 1 saturated carbocycles. The van der Waals surface area contributed by atoms with E-state index in [1.165, 1.54) is 5.56 Å². The van der Waals surface area contributed by atoms with Gasteiger partial charge in [-0.05, 0) is 23.8 Å². The van der Waals surface area contributed by atoms with E-state index >= 15 is 0 Å². The second-order valence-electron chi connectivity index (χ2n) is 6.53. The molecular weight excluding hydrogens is 310 g/mol. The Balaban J connectivity index is 0.00000176. The molecule has 22 heavy (non-hydrogen) atoms. The van der Waals surface area contributed by atoms with E-state index in [0.717, 1.165) is 12.8 Å². The minimum Gasteiger partial charge on any atom is -0.352 e. The molecule has 2 fully saturated rings. The lowest BCUT2D eigenvalue weighted by Crippen LogP contribution is -2.54. The first-order chi connectivity index (χ1) is 9.88. The summed E-state index contributed by atoms with van der Waals surface area (Å²) in [6.07, 6.45) is 1.30. The summed E-state index contributed by atoms with van der Waals surface area (Å²) in [4.78, 5) is 12.0. The third kappa shape index (κ3) is 3.41. The van der Waals surface area contributed by atoms with Gasteiger partial charge in [-0.25, -0.2) is 8.78 Å². The van der Waals surface area contributed by atoms with Gasteiger partial charge in [0.25, 0.3) is 5.92 Å². The smallest absolute Gasteiger partial charge is 0.262 e. The molecule has 3 nitrogen and oxygen atoms in total. The zero-order valence-corrected chi connectivity index (χ0v) is 13.3. The van der Waals surface area contributed by atoms with Crippen molar-refractivity contribution in [1.29, 1.82) is 0 Å². The first-order valence-corrected chi connectivity index (χ1v) is 7.35. The van der Waals surface area contributed by atoms with Gasteiger partial charge >= 0.3 is 0 Å². The minimum absolute atomic E-state index is 0. The maximum absolute atomic E-state index is 13.1. The molecule has 1 aromatic carbocycles. The SMILES string of the molecule is CC1(c2ccccc2)CC(NC(=O)C2CC(F)(F)CN2)C1.Cl. The Kier molecular flexibility index (Phi) is 4.78. The largest absolute Gasteiger partial charge is 0.352 e. The summed E-state index contributed by atoms with van der Waals surface area (Å²) < 4.78 is 26.2. The monoisotopic (exact) mass is 330 g/mol. The van der Waals surface area contributed by atoms with Crippen molar-refractivity contribution in [2.75, 3.05) is 6.54 Å². The molecule has 6 heteroatoms. The van der Waals surface area contributed by atoms with E-state index < -0.39 is 24.9 Å². The average Bonchev–Trinajstić information content (AvgIpc) is 2.78. The summed E-state index contributed by atoms with van der Waals surface area (Å²) in [7, 11) is 0. The lowest BCUT2D eigenvalue weighted by atomic mass is 9.63. The average molecular weight is 331 g/mol. The maximum atomic E-state index is 13.1. The predicted octanol–water partition coefficient (Wildman–Crippen LogP) is 2.64. The second kappa shape index (κ2) is 6.13. The molecular formula is C16H21ClF2N2O. The second-order valence-corrected chi connectivity index (χ2v) is 6.53. The molecule has 0 spiro atoms. The van der Waals surface area contributed by atoms with Gasteiger partial charge in [0.1, 0.15) is 0 Å². The topological polar surface area (TPSA) is 41.1 Å². The zero-order chi connectivity index (χ0) is 15.1. The molecule has 1 atom stereocenters. The molecule has 1 aromatic rings. The normalized spacial score (nSPS) is 32.7. The van der Waals surface area contributed by atoms with Crippen molar-refractivity contribution in [3.05, 3.63) is 35.9 Å². The number of hydrogen-bond acceptors (Lipinski definition) is 2. The molecule has 1 aliphatic heterocycles. The highest BCUT2D eigenvalue weighted by Crippen LogP contribution is 2.43. The molecule has 1 heterocycles. The van der Waals surface area contributed by atoms with Crippen LogP contribution in [0.4, 0.5) is 8.78 Å². The first-order valence-electron chi connectivity index (χ1n) is 7.35. The van der Waals surface area contributed by atoms with E-state index in [1.807, 2.05) is 18.2 Å². The molecule has 1 aliphatic carbocycles. The number of nitrogens with one attached hydrogen (secondary N) is 2. The Morgan fingerprint density at radius 3 is 2.41 bits per heavy atom. The van der Waals surface area contributed by atoms with E-state index in [-0.39, 0.29) is 29.8 Å². The molecule has 0 aromatic heterocycles. The van der Waals surface area contributed by atoms with Crippen molar-refractivity contribution in [2.24, 2.45) is 0 Å². The van der Waals surface area contributed by atoms with Crippen LogP contribution in [0.3, 0.4) is 0 Å². The third-order valence-electron chi connectivity index (χ3n) is 4.64. The number of hydrogen-bond donors (Lipinski definition) is 2. The van der Waals surface area contributed by atoms with Gasteiger partial charge in [-0.15, -0.1) is 12.4 Å². The standard InChI is InChI=1S/C16H20F2N2O.ClH/c1-15(11-5-3-2-4-6-11)7-12(8-15)20-14(21)13-9-16(17,18)10-19-13;/h2-6,12-13,19H,7-10H2,1H3,(H,20,21);1H. The minimum atomic E-state index is -2.76. The Hall–Kier alpha value is -1.20. The number of rotatable bonds is 3. The molecule has 1 unspecified atom stereocenters. The lowest BCUT2D eigenvalue weighted by Gasteiger charge is -2.46. The summed E-state index contributed by atoms with van der Waals surface area (Å²) >= 11 is 0. The predicted molar refractivity (Wildman–Crippen MR) is 83.6 cm³/mol. The molecule has 0 radical (unpaired) electrons. The number of carbonyl (C=O) groups excluding carboxylic acids is 1. The summed E-state index contributed by atoms with van der Waals surface area (Å²) in [5, 5.41) is 5.48. The van der Waals surface area contributed by atoms with E-state index in [9.17, 15) is 13.6 Å². The summed E-state index contributed by atoms with van der Waals surface area (Å²) in [6.45, 7) is 1.77. The summed E-state index contributed by atoms with van der Waals surface area (Å²) in [5.74, 6) is -3.06. The van der Waals surface area contributed by atoms with Crippen LogP contribution in [-0.4, -0.2) is 30.5 Å². The van der Waals surface area contributed by atoms with E-state index in [1.54, 1.807) is 0 Å². The van der Waals surface area contributed by atoms with Crippen LogP contribution < -0.4 is 10.6 Å². The van der Waals surface area contributed by atoms with Crippen molar-refractivity contribution in [3.63, 3.8) is 0 Å². The fraction of sp³-hybridized carbons (Fsp3) is 0.562. The van der Waals surface area contributed by atoms with Crippen molar-refractivity contribution in [1.82, 2.24) is 10.6 Å². The van der Waals surface area contributed by atoms with Gasteiger partial charge in [-0.1, -0.05) is 37.3 Å². The van der Waals surface area contributed by atoms with Crippen molar-refractivity contribution in [3.8, 4) is 0 Å². The number of halogens is 3. The third-order valence-corrected chi connectivity index (χ3v) is 4.64. The van der Waals surface area contributed by atoms with Crippen LogP contribution >= 0.6 is 12.4 Å². The summed E-state index contributed by atoms with van der Waals surface area (Å²) in [6, 6.07) is 9.52. The number of benzene rings is 1. The van der Waals surface area contributed by atoms with Gasteiger partial charge in [0.2, 0.25) is 5.91 Å². The molecule has 1 amide bonds. The van der Waals surface area contributed by atoms with Gasteiger partial charge < -0.3 is 5.32 Å². The van der Waals surface area contributed by atoms with E-state index in [4.69, 9.17) is 0 Å². The maximum Gasteiger partial charge on any atom is 0.262 e. The van der Waals surface area contributed by atoms with Crippen LogP contribution in [0.5, 0.6) is 0 Å². The molecule has 122 valence electrons. The molecule has 3 rings (SSSR count). The quantitative estimate of drug-likeness (QED) is 0.894. The van der Waals surface area contributed by atoms with Crippen LogP contribution in [0.25, 0.3) is 0 Å². The Labute approximate surface area is 135 Å². The highest BCUT2D eigenvalue weighted by Gasteiger charge is 2.45. The lowest BCUT2D eigenvalue weighted by molar-refractivity contribution is -0.125. The van der Waals surface area contributed by atoms with Crippen LogP contribution in [-0.2, 0) is 10.2 Å². The molecule has 1 saturated heterocycles. The van der Waals surface area contributed by atoms with Crippen LogP contribution in [0.1, 0.15) is 31.7 Å². The number of alkyl halides is 2. The fourth-order valence-electron chi connectivity index (χ4n) is 3.41. The highest BCUT2D eigenvalue weighted by molar-refractivity contribution is 5.85. The van der Waals surface area contributed by atoms with Crippen LogP contribution in [0.2, 0.25) is 0 Å². The van der Waals surface area contributed by atoms with Crippen LogP contribution in [0.15, 0.2) is 30.3 Å². The van der Waals surface area contributed by atoms with E-state index in [0.29, 0.717) is 0 Å². The van der Waals surface area contributed by atoms with Gasteiger partial charge in [0.15, 0.2) is 0 Å². The van der Waals surface area contributed by atoms with Gasteiger partial charge in [0, 0.05) is 12.5 Å². The molecule has 0 bridgehead atoms. The first kappa shape index (κ1) is 17.2. The molecule has 2 aliphatic rings. The Morgan fingerprint density at radius 1 is 1.23 bits per heavy atom. The number of carbonyl (C=O) groups is 1. The van der Waals surface area contributed by atoms with Crippen molar-refractivity contribution < 1.29 is 13.6 Å². The highest BCUT2D eigenvalue weighted by atomic mass is 35.5. The van der Waals surface area contributed by atoms with Gasteiger partial charge in [-0.3, -0.25) is 10.1 Å². The van der Waals surface area contributed by atoms with Crippen LogP contribution in [0, 0.1) is 0 Å². The Bertz CT molecular complexity index is 532. The van der Waals surface area contributed by atoms with Crippen molar-refractivity contribution >= 4 is 18.3 Å². The summed E-state index contributed by atoms with van der Waals surface area (Å²) in [5.41, 5.74) is 1.34. The Morgan fingerprint density at radius 2 is 1.86 bits per heavy atom. The van der Waals surface area contributed by atoms with Crippen molar-refractivity contribution in [2.45, 2.75) is 49.6 Å². The number of amides is 1. The molecule has 2 N–H and O–H groups in total.